The van der Waals surface area contributed by atoms with E-state index >= 15 is 0 Å². The van der Waals surface area contributed by atoms with Crippen LogP contribution in [0.25, 0.3) is 0 Å². The van der Waals surface area contributed by atoms with Crippen molar-refractivity contribution < 1.29 is 9.90 Å². The van der Waals surface area contributed by atoms with Gasteiger partial charge in [-0.15, -0.1) is 11.3 Å². The normalized spacial score (nSPS) is 18.1. The smallest absolute Gasteiger partial charge is 0.317 e. The molecule has 112 valence electrons. The van der Waals surface area contributed by atoms with E-state index in [1.807, 2.05) is 18.0 Å². The Morgan fingerprint density at radius 3 is 2.75 bits per heavy atom. The van der Waals surface area contributed by atoms with E-state index in [-0.39, 0.29) is 18.1 Å². The molecule has 2 heterocycles. The fourth-order valence-electron chi connectivity index (χ4n) is 2.55. The van der Waals surface area contributed by atoms with Gasteiger partial charge in [0, 0.05) is 30.8 Å². The van der Waals surface area contributed by atoms with E-state index in [1.165, 1.54) is 0 Å². The van der Waals surface area contributed by atoms with E-state index in [9.17, 15) is 9.90 Å². The summed E-state index contributed by atoms with van der Waals surface area (Å²) in [6.45, 7) is 6.27. The number of hydrogen-bond donors (Lipinski definition) is 2. The first-order chi connectivity index (χ1) is 9.58. The van der Waals surface area contributed by atoms with Crippen LogP contribution in [0, 0.1) is 12.3 Å². The van der Waals surface area contributed by atoms with Crippen LogP contribution in [-0.4, -0.2) is 40.7 Å². The predicted molar refractivity (Wildman–Crippen MR) is 79.7 cm³/mol. The van der Waals surface area contributed by atoms with Crippen LogP contribution >= 0.6 is 11.3 Å². The molecule has 20 heavy (non-hydrogen) atoms. The molecule has 0 saturated carbocycles. The molecular weight excluding hydrogens is 274 g/mol. The van der Waals surface area contributed by atoms with Gasteiger partial charge in [0.05, 0.1) is 6.54 Å². The summed E-state index contributed by atoms with van der Waals surface area (Å²) in [6.07, 6.45) is 4.55. The van der Waals surface area contributed by atoms with Crippen molar-refractivity contribution in [1.82, 2.24) is 15.2 Å². The number of aliphatic hydroxyl groups is 1. The summed E-state index contributed by atoms with van der Waals surface area (Å²) < 4.78 is 0. The SMILES string of the molecule is CCC1(CO)CCN(C(=O)NCc2ncc(C)s2)CC1. The second kappa shape index (κ2) is 6.54. The molecule has 1 aromatic rings. The van der Waals surface area contributed by atoms with Crippen LogP contribution in [0.2, 0.25) is 0 Å². The van der Waals surface area contributed by atoms with Crippen molar-refractivity contribution in [3.63, 3.8) is 0 Å². The van der Waals surface area contributed by atoms with Crippen molar-refractivity contribution in [2.75, 3.05) is 19.7 Å². The van der Waals surface area contributed by atoms with Crippen LogP contribution in [0.3, 0.4) is 0 Å². The van der Waals surface area contributed by atoms with Gasteiger partial charge in [-0.25, -0.2) is 9.78 Å². The number of nitrogens with one attached hydrogen (secondary N) is 1. The monoisotopic (exact) mass is 297 g/mol. The third-order valence-electron chi connectivity index (χ3n) is 4.26. The van der Waals surface area contributed by atoms with Crippen molar-refractivity contribution in [1.29, 1.82) is 0 Å². The molecule has 1 fully saturated rings. The van der Waals surface area contributed by atoms with Crippen molar-refractivity contribution in [2.45, 2.75) is 39.7 Å². The highest BCUT2D eigenvalue weighted by Crippen LogP contribution is 2.34. The van der Waals surface area contributed by atoms with E-state index < -0.39 is 0 Å². The number of carbonyl (C=O) groups is 1. The molecule has 0 radical (unpaired) electrons. The molecule has 0 atom stereocenters. The Labute approximate surface area is 124 Å². The average molecular weight is 297 g/mol. The molecule has 1 aliphatic heterocycles. The molecule has 2 amide bonds. The molecule has 2 N–H and O–H groups in total. The minimum absolute atomic E-state index is 0.0171. The van der Waals surface area contributed by atoms with Crippen molar-refractivity contribution in [3.8, 4) is 0 Å². The van der Waals surface area contributed by atoms with Gasteiger partial charge >= 0.3 is 6.03 Å². The number of likely N-dealkylation sites (tertiary alicyclic amines) is 1. The van der Waals surface area contributed by atoms with E-state index in [2.05, 4.69) is 17.2 Å². The van der Waals surface area contributed by atoms with Crippen molar-refractivity contribution >= 4 is 17.4 Å². The Balaban J connectivity index is 1.80. The predicted octanol–water partition coefficient (Wildman–Crippen LogP) is 2.15. The third kappa shape index (κ3) is 3.49. The Morgan fingerprint density at radius 2 is 2.25 bits per heavy atom. The maximum atomic E-state index is 12.1. The Bertz CT molecular complexity index is 447. The fourth-order valence-corrected chi connectivity index (χ4v) is 3.28. The second-order valence-corrected chi connectivity index (χ2v) is 6.84. The molecule has 0 spiro atoms. The summed E-state index contributed by atoms with van der Waals surface area (Å²) in [4.78, 5) is 19.3. The number of aliphatic hydroxyl groups excluding tert-OH is 1. The van der Waals surface area contributed by atoms with E-state index in [0.717, 1.165) is 42.2 Å². The molecule has 2 rings (SSSR count). The van der Waals surface area contributed by atoms with Gasteiger partial charge in [0.15, 0.2) is 0 Å². The van der Waals surface area contributed by atoms with Crippen LogP contribution in [0.5, 0.6) is 0 Å². The number of carbonyl (C=O) groups excluding carboxylic acids is 1. The number of urea groups is 1. The molecule has 0 unspecified atom stereocenters. The van der Waals surface area contributed by atoms with Crippen LogP contribution < -0.4 is 5.32 Å². The lowest BCUT2D eigenvalue weighted by Gasteiger charge is -2.40. The number of thiazole rings is 1. The first kappa shape index (κ1) is 15.3. The summed E-state index contributed by atoms with van der Waals surface area (Å²) in [5, 5.41) is 13.3. The second-order valence-electron chi connectivity index (χ2n) is 5.52. The lowest BCUT2D eigenvalue weighted by molar-refractivity contribution is 0.0519. The van der Waals surface area contributed by atoms with E-state index in [1.54, 1.807) is 11.3 Å². The Hall–Kier alpha value is -1.14. The Kier molecular flexibility index (Phi) is 4.99. The molecule has 1 saturated heterocycles. The molecule has 1 aliphatic rings. The average Bonchev–Trinajstić information content (AvgIpc) is 2.90. The molecule has 1 aromatic heterocycles. The highest BCUT2D eigenvalue weighted by Gasteiger charge is 2.33. The minimum Gasteiger partial charge on any atom is -0.396 e. The standard InChI is InChI=1S/C14H23N3O2S/c1-3-14(10-18)4-6-17(7-5-14)13(19)16-9-12-15-8-11(2)20-12/h8,18H,3-7,9-10H2,1-2H3,(H,16,19). The molecule has 0 bridgehead atoms. The number of amides is 2. The van der Waals surface area contributed by atoms with Gasteiger partial charge in [0.2, 0.25) is 0 Å². The largest absolute Gasteiger partial charge is 0.396 e. The zero-order chi connectivity index (χ0) is 14.6. The number of piperidine rings is 1. The molecule has 0 aromatic carbocycles. The van der Waals surface area contributed by atoms with Gasteiger partial charge in [-0.05, 0) is 31.6 Å². The Morgan fingerprint density at radius 1 is 1.55 bits per heavy atom. The fraction of sp³-hybridized carbons (Fsp3) is 0.714. The van der Waals surface area contributed by atoms with Gasteiger partial charge in [-0.1, -0.05) is 6.92 Å². The van der Waals surface area contributed by atoms with Crippen molar-refractivity contribution in [3.05, 3.63) is 16.1 Å². The highest BCUT2D eigenvalue weighted by molar-refractivity contribution is 7.11. The maximum Gasteiger partial charge on any atom is 0.317 e. The van der Waals surface area contributed by atoms with Gasteiger partial charge in [-0.2, -0.15) is 0 Å². The van der Waals surface area contributed by atoms with Crippen LogP contribution in [-0.2, 0) is 6.54 Å². The third-order valence-corrected chi connectivity index (χ3v) is 5.17. The summed E-state index contributed by atoms with van der Waals surface area (Å²) >= 11 is 1.61. The first-order valence-electron chi connectivity index (χ1n) is 7.13. The van der Waals surface area contributed by atoms with Gasteiger partial charge < -0.3 is 15.3 Å². The van der Waals surface area contributed by atoms with Gasteiger partial charge in [0.1, 0.15) is 5.01 Å². The van der Waals surface area contributed by atoms with E-state index in [4.69, 9.17) is 0 Å². The highest BCUT2D eigenvalue weighted by atomic mass is 32.1. The first-order valence-corrected chi connectivity index (χ1v) is 7.95. The summed E-state index contributed by atoms with van der Waals surface area (Å²) in [6, 6.07) is -0.0273. The summed E-state index contributed by atoms with van der Waals surface area (Å²) in [5.41, 5.74) is 0.0171. The number of rotatable bonds is 4. The topological polar surface area (TPSA) is 65.5 Å². The molecule has 5 nitrogen and oxygen atoms in total. The molecule has 6 heteroatoms. The zero-order valence-corrected chi connectivity index (χ0v) is 13.0. The summed E-state index contributed by atoms with van der Waals surface area (Å²) in [7, 11) is 0. The number of nitrogens with zero attached hydrogens (tertiary/aromatic N) is 2. The van der Waals surface area contributed by atoms with E-state index in [0.29, 0.717) is 6.54 Å². The molecule has 0 aliphatic carbocycles. The van der Waals surface area contributed by atoms with Gasteiger partial charge in [0.25, 0.3) is 0 Å². The van der Waals surface area contributed by atoms with Gasteiger partial charge in [-0.3, -0.25) is 0 Å². The number of hydrogen-bond acceptors (Lipinski definition) is 4. The lowest BCUT2D eigenvalue weighted by atomic mass is 9.77. The van der Waals surface area contributed by atoms with Crippen LogP contribution in [0.1, 0.15) is 36.1 Å². The number of aryl methyl sites for hydroxylation is 1. The maximum absolute atomic E-state index is 12.1. The van der Waals surface area contributed by atoms with Crippen LogP contribution in [0.4, 0.5) is 4.79 Å². The zero-order valence-electron chi connectivity index (χ0n) is 12.2. The summed E-state index contributed by atoms with van der Waals surface area (Å²) in [5.74, 6) is 0. The lowest BCUT2D eigenvalue weighted by Crippen LogP contribution is -2.48. The number of aromatic nitrogens is 1. The van der Waals surface area contributed by atoms with Crippen LogP contribution in [0.15, 0.2) is 6.20 Å². The molecular formula is C14H23N3O2S. The van der Waals surface area contributed by atoms with Crippen molar-refractivity contribution in [2.24, 2.45) is 5.41 Å². The minimum atomic E-state index is -0.0273. The quantitative estimate of drug-likeness (QED) is 0.895.